The highest BCUT2D eigenvalue weighted by molar-refractivity contribution is 5.88. The molecule has 0 spiro atoms. The monoisotopic (exact) mass is 555 g/mol. The number of amides is 2. The molecule has 2 N–H and O–H groups in total. The Hall–Kier alpha value is -5.24. The summed E-state index contributed by atoms with van der Waals surface area (Å²) >= 11 is 0. The lowest BCUT2D eigenvalue weighted by molar-refractivity contribution is 0.251. The number of carbonyl (C=O) groups excluding carboxylic acids is 1. The van der Waals surface area contributed by atoms with Crippen molar-refractivity contribution in [3.8, 4) is 28.1 Å². The van der Waals surface area contributed by atoms with Gasteiger partial charge in [-0.1, -0.05) is 56.7 Å². The fourth-order valence-electron chi connectivity index (χ4n) is 4.82. The molecule has 0 radical (unpaired) electrons. The van der Waals surface area contributed by atoms with E-state index in [0.717, 1.165) is 50.5 Å². The van der Waals surface area contributed by atoms with Gasteiger partial charge in [0, 0.05) is 42.2 Å². The second-order valence-electron chi connectivity index (χ2n) is 11.4. The molecule has 4 heterocycles. The van der Waals surface area contributed by atoms with Crippen LogP contribution in [0.25, 0.3) is 33.7 Å². The summed E-state index contributed by atoms with van der Waals surface area (Å²) < 4.78 is 3.86. The van der Waals surface area contributed by atoms with E-state index in [2.05, 4.69) is 70.0 Å². The average molecular weight is 556 g/mol. The first kappa shape index (κ1) is 27.0. The summed E-state index contributed by atoms with van der Waals surface area (Å²) in [7, 11) is 0. The first-order valence-corrected chi connectivity index (χ1v) is 13.9. The summed E-state index contributed by atoms with van der Waals surface area (Å²) in [6.45, 7) is 8.73. The Morgan fingerprint density at radius 3 is 2.43 bits per heavy atom. The molecule has 8 heteroatoms. The highest BCUT2D eigenvalue weighted by Crippen LogP contribution is 2.27. The number of fused-ring (bicyclic) bond motifs is 1. The molecule has 0 aliphatic rings. The van der Waals surface area contributed by atoms with Gasteiger partial charge in [-0.25, -0.2) is 14.5 Å². The Bertz CT molecular complexity index is 1860. The Labute approximate surface area is 245 Å². The molecule has 0 saturated heterocycles. The van der Waals surface area contributed by atoms with Gasteiger partial charge < -0.3 is 5.32 Å². The first-order valence-electron chi connectivity index (χ1n) is 13.9. The molecule has 6 aromatic rings. The number of nitrogens with one attached hydrogen (secondary N) is 2. The molecule has 8 nitrogen and oxygen atoms in total. The molecule has 210 valence electrons. The second kappa shape index (κ2) is 11.0. The number of anilines is 1. The molecule has 0 fully saturated rings. The van der Waals surface area contributed by atoms with E-state index in [4.69, 9.17) is 5.10 Å². The maximum absolute atomic E-state index is 13.0. The van der Waals surface area contributed by atoms with Crippen LogP contribution in [-0.2, 0) is 12.0 Å². The maximum Gasteiger partial charge on any atom is 0.320 e. The van der Waals surface area contributed by atoms with Gasteiger partial charge in [0.25, 0.3) is 0 Å². The van der Waals surface area contributed by atoms with Gasteiger partial charge >= 0.3 is 6.03 Å². The summed E-state index contributed by atoms with van der Waals surface area (Å²) in [6.07, 6.45) is 7.49. The molecule has 0 saturated carbocycles. The molecular formula is C34H33N7O. The zero-order chi connectivity index (χ0) is 29.3. The van der Waals surface area contributed by atoms with E-state index >= 15 is 0 Å². The normalized spacial score (nSPS) is 11.5. The number of aromatic nitrogens is 5. The fourth-order valence-corrected chi connectivity index (χ4v) is 4.82. The van der Waals surface area contributed by atoms with Crippen LogP contribution in [0.2, 0.25) is 0 Å². The van der Waals surface area contributed by atoms with Gasteiger partial charge in [0.1, 0.15) is 11.5 Å². The highest BCUT2D eigenvalue weighted by atomic mass is 16.2. The lowest BCUT2D eigenvalue weighted by Crippen LogP contribution is -2.29. The van der Waals surface area contributed by atoms with Crippen molar-refractivity contribution >= 4 is 17.5 Å². The van der Waals surface area contributed by atoms with Crippen LogP contribution in [0.1, 0.15) is 37.6 Å². The quantitative estimate of drug-likeness (QED) is 0.228. The topological polar surface area (TPSA) is 89.1 Å². The van der Waals surface area contributed by atoms with Gasteiger partial charge in [-0.05, 0) is 66.1 Å². The predicted molar refractivity (Wildman–Crippen MR) is 167 cm³/mol. The van der Waals surface area contributed by atoms with Crippen LogP contribution in [0.5, 0.6) is 0 Å². The largest absolute Gasteiger partial charge is 0.334 e. The first-order chi connectivity index (χ1) is 20.2. The lowest BCUT2D eigenvalue weighted by atomic mass is 9.92. The molecule has 2 aromatic carbocycles. The van der Waals surface area contributed by atoms with Gasteiger partial charge in [-0.3, -0.25) is 14.7 Å². The number of hydrogen-bond acceptors (Lipinski definition) is 4. The van der Waals surface area contributed by atoms with E-state index in [1.54, 1.807) is 17.1 Å². The number of nitrogens with zero attached hydrogens (tertiary/aromatic N) is 5. The predicted octanol–water partition coefficient (Wildman–Crippen LogP) is 7.18. The molecule has 4 aromatic heterocycles. The molecular weight excluding hydrogens is 522 g/mol. The number of hydrogen-bond donors (Lipinski definition) is 2. The maximum atomic E-state index is 13.0. The fraction of sp³-hybridized carbons (Fsp3) is 0.176. The van der Waals surface area contributed by atoms with Crippen LogP contribution in [0, 0.1) is 6.92 Å². The third-order valence-electron chi connectivity index (χ3n) is 7.20. The van der Waals surface area contributed by atoms with Gasteiger partial charge in [0.05, 0.1) is 23.3 Å². The minimum absolute atomic E-state index is 0.165. The number of aryl methyl sites for hydroxylation is 1. The molecule has 6 rings (SSSR count). The molecule has 0 bridgehead atoms. The Balaban J connectivity index is 1.18. The van der Waals surface area contributed by atoms with Gasteiger partial charge in [-0.15, -0.1) is 0 Å². The van der Waals surface area contributed by atoms with E-state index in [0.29, 0.717) is 12.4 Å². The van der Waals surface area contributed by atoms with Crippen LogP contribution in [0.15, 0.2) is 104 Å². The van der Waals surface area contributed by atoms with E-state index in [-0.39, 0.29) is 11.4 Å². The smallest absolute Gasteiger partial charge is 0.320 e. The summed E-state index contributed by atoms with van der Waals surface area (Å²) in [5, 5.41) is 10.8. The summed E-state index contributed by atoms with van der Waals surface area (Å²) in [5.74, 6) is 0.617. The van der Waals surface area contributed by atoms with Crippen molar-refractivity contribution in [3.05, 3.63) is 120 Å². The zero-order valence-electron chi connectivity index (χ0n) is 24.2. The van der Waals surface area contributed by atoms with Crippen molar-refractivity contribution in [2.75, 3.05) is 5.32 Å². The number of rotatable bonds is 6. The van der Waals surface area contributed by atoms with E-state index in [9.17, 15) is 4.79 Å². The van der Waals surface area contributed by atoms with Gasteiger partial charge in [0.2, 0.25) is 0 Å². The molecule has 0 aliphatic heterocycles. The van der Waals surface area contributed by atoms with Crippen molar-refractivity contribution in [3.63, 3.8) is 0 Å². The van der Waals surface area contributed by atoms with Crippen molar-refractivity contribution in [2.45, 2.75) is 39.7 Å². The number of pyridine rings is 2. The number of imidazole rings is 1. The molecule has 42 heavy (non-hydrogen) atoms. The van der Waals surface area contributed by atoms with Crippen LogP contribution < -0.4 is 10.6 Å². The van der Waals surface area contributed by atoms with Gasteiger partial charge in [-0.2, -0.15) is 5.10 Å². The van der Waals surface area contributed by atoms with Crippen molar-refractivity contribution < 1.29 is 4.79 Å². The van der Waals surface area contributed by atoms with Crippen molar-refractivity contribution in [1.82, 2.24) is 29.5 Å². The zero-order valence-corrected chi connectivity index (χ0v) is 24.2. The minimum atomic E-state index is -0.299. The highest BCUT2D eigenvalue weighted by Gasteiger charge is 2.21. The SMILES string of the molecule is Cc1ccc(-n2nc(C(C)(C)C)cc2NC(=O)NCc2cccc(-c3cnc4cc(-c5ccncc5)ccn34)c2)cc1. The Morgan fingerprint density at radius 2 is 1.67 bits per heavy atom. The summed E-state index contributed by atoms with van der Waals surface area (Å²) in [5.41, 5.74) is 8.81. The minimum Gasteiger partial charge on any atom is -0.334 e. The second-order valence-corrected chi connectivity index (χ2v) is 11.4. The van der Waals surface area contributed by atoms with E-state index in [1.165, 1.54) is 0 Å². The summed E-state index contributed by atoms with van der Waals surface area (Å²) in [6, 6.07) is 26.0. The average Bonchev–Trinajstić information content (AvgIpc) is 3.61. The summed E-state index contributed by atoms with van der Waals surface area (Å²) in [4.78, 5) is 21.8. The lowest BCUT2D eigenvalue weighted by Gasteiger charge is -2.14. The molecule has 0 aliphatic carbocycles. The molecule has 0 unspecified atom stereocenters. The van der Waals surface area contributed by atoms with Gasteiger partial charge in [0.15, 0.2) is 0 Å². The number of carbonyl (C=O) groups is 1. The molecule has 2 amide bonds. The van der Waals surface area contributed by atoms with E-state index in [1.807, 2.05) is 73.9 Å². The van der Waals surface area contributed by atoms with E-state index < -0.39 is 0 Å². The standard InChI is InChI=1S/C34H33N7O/c1-23-8-10-28(11-9-23)41-32(20-30(39-41)34(2,3)4)38-33(42)37-21-24-6-5-7-27(18-24)29-22-36-31-19-26(14-17-40(29)31)25-12-15-35-16-13-25/h5-20,22H,21H2,1-4H3,(H2,37,38,42). The van der Waals surface area contributed by atoms with Crippen LogP contribution in [0.3, 0.4) is 0 Å². The number of urea groups is 1. The van der Waals surface area contributed by atoms with Crippen LogP contribution in [0.4, 0.5) is 10.6 Å². The van der Waals surface area contributed by atoms with Crippen LogP contribution in [-0.4, -0.2) is 30.2 Å². The van der Waals surface area contributed by atoms with Crippen molar-refractivity contribution in [2.24, 2.45) is 0 Å². The third-order valence-corrected chi connectivity index (χ3v) is 7.20. The molecule has 0 atom stereocenters. The third kappa shape index (κ3) is 5.65. The number of benzene rings is 2. The van der Waals surface area contributed by atoms with Crippen molar-refractivity contribution in [1.29, 1.82) is 0 Å². The Morgan fingerprint density at radius 1 is 0.881 bits per heavy atom. The Kier molecular flexibility index (Phi) is 7.04. The van der Waals surface area contributed by atoms with Crippen LogP contribution >= 0.6 is 0 Å².